The molecule has 0 radical (unpaired) electrons. The van der Waals surface area contributed by atoms with Crippen LogP contribution in [0.1, 0.15) is 0 Å². The van der Waals surface area contributed by atoms with Crippen molar-refractivity contribution in [3.63, 3.8) is 0 Å². The molecule has 0 atom stereocenters. The van der Waals surface area contributed by atoms with Gasteiger partial charge in [0.25, 0.3) is 0 Å². The Labute approximate surface area is 818 Å². The molecule has 0 amide bonds. The van der Waals surface area contributed by atoms with E-state index in [0.29, 0.717) is 40.8 Å². The third-order valence-corrected chi connectivity index (χ3v) is 26.7. The van der Waals surface area contributed by atoms with Crippen molar-refractivity contribution in [1.82, 2.24) is 59.8 Å². The van der Waals surface area contributed by atoms with Gasteiger partial charge in [0, 0.05) is 119 Å². The van der Waals surface area contributed by atoms with Crippen molar-refractivity contribution in [2.45, 2.75) is 0 Å². The molecule has 27 aromatic rings. The van der Waals surface area contributed by atoms with Crippen LogP contribution in [0.15, 0.2) is 498 Å². The van der Waals surface area contributed by atoms with Gasteiger partial charge in [-0.3, -0.25) is 19.9 Å². The molecule has 12 heteroatoms. The van der Waals surface area contributed by atoms with E-state index in [0.717, 1.165) is 166 Å². The second kappa shape index (κ2) is 37.1. The maximum absolute atomic E-state index is 5.32. The van der Waals surface area contributed by atoms with E-state index in [1.165, 1.54) is 59.4 Å². The molecule has 0 N–H and O–H groups in total. The summed E-state index contributed by atoms with van der Waals surface area (Å²) in [7, 11) is 0. The zero-order chi connectivity index (χ0) is 94.2. The molecule has 0 unspecified atom stereocenters. The zero-order valence-electron chi connectivity index (χ0n) is 76.7. The number of nitrogens with zero attached hydrogens (tertiary/aromatic N) is 12. The standard InChI is InChI=1S/C47H29N3.C45H29N5.C38H24N4/c1-4-14-36-32(11-1)26-42(40-18-8-6-16-38(36)40)45-28-46(43-27-33-12-2-5-15-37(33)39-17-7-9-19-41(39)43)50-47(49-45)31-23-21-30(22-24-31)35-25-34-13-3-10-20-44(34)48-29-35;1-2-8-30(9-3-1)31-16-22-36(23-17-31)43-48-44(37-24-18-32(19-25-37)39-14-4-10-34-12-6-28-46-41(34)39)50-45(49-43)38-26-20-33(21-27-38)40-15-5-11-35-13-7-29-47-42(35)40;1-3-9-30-23-32(20-14-25(30)7-1)37-40-36(41-38(42-37)33-21-15-26-8-2-4-10-31(26)24-33)29-18-16-27(17-19-29)34-13-5-11-28-12-6-22-39-35(28)34/h2*1-29H;1-24H. The van der Waals surface area contributed by atoms with Gasteiger partial charge in [0.05, 0.1) is 33.5 Å². The Bertz CT molecular complexity index is 9140. The van der Waals surface area contributed by atoms with Crippen LogP contribution in [0.4, 0.5) is 0 Å². The molecule has 142 heavy (non-hydrogen) atoms. The molecule has 27 rings (SSSR count). The van der Waals surface area contributed by atoms with Gasteiger partial charge in [-0.2, -0.15) is 0 Å². The summed E-state index contributed by atoms with van der Waals surface area (Å²) in [6.45, 7) is 0. The fourth-order valence-corrected chi connectivity index (χ4v) is 19.5. The third-order valence-electron chi connectivity index (χ3n) is 26.7. The minimum absolute atomic E-state index is 0.613. The fraction of sp³-hybridized carbons (Fsp3) is 0. The van der Waals surface area contributed by atoms with Crippen LogP contribution in [-0.4, -0.2) is 59.8 Å². The Morgan fingerprint density at radius 2 is 0.401 bits per heavy atom. The lowest BCUT2D eigenvalue weighted by atomic mass is 9.93. The highest BCUT2D eigenvalue weighted by Crippen LogP contribution is 2.43. The second-order valence-electron chi connectivity index (χ2n) is 35.4. The Morgan fingerprint density at radius 1 is 0.127 bits per heavy atom. The summed E-state index contributed by atoms with van der Waals surface area (Å²) in [4.78, 5) is 59.3. The summed E-state index contributed by atoms with van der Waals surface area (Å²) in [5, 5.41) is 18.8. The predicted octanol–water partition coefficient (Wildman–Crippen LogP) is 32.7. The first-order valence-electron chi connectivity index (χ1n) is 47.5. The molecular weight excluding hydrogens is 1730 g/mol. The van der Waals surface area contributed by atoms with Crippen LogP contribution in [0.2, 0.25) is 0 Å². The van der Waals surface area contributed by atoms with Crippen molar-refractivity contribution in [2.75, 3.05) is 0 Å². The van der Waals surface area contributed by atoms with Crippen LogP contribution in [-0.2, 0) is 0 Å². The predicted molar refractivity (Wildman–Crippen MR) is 584 cm³/mol. The summed E-state index contributed by atoms with van der Waals surface area (Å²) in [6.07, 6.45) is 7.47. The molecule has 0 bridgehead atoms. The van der Waals surface area contributed by atoms with Crippen molar-refractivity contribution in [1.29, 1.82) is 0 Å². The minimum atomic E-state index is 0.613. The van der Waals surface area contributed by atoms with Crippen LogP contribution in [0, 0.1) is 0 Å². The number of fused-ring (bicyclic) bond motifs is 12. The fourth-order valence-electron chi connectivity index (χ4n) is 19.5. The van der Waals surface area contributed by atoms with Crippen molar-refractivity contribution >= 4 is 108 Å². The van der Waals surface area contributed by atoms with Gasteiger partial charge in [0.2, 0.25) is 0 Å². The van der Waals surface area contributed by atoms with Crippen LogP contribution in [0.25, 0.3) is 266 Å². The zero-order valence-corrected chi connectivity index (χ0v) is 76.7. The molecule has 7 aromatic heterocycles. The number of para-hydroxylation sites is 4. The van der Waals surface area contributed by atoms with E-state index < -0.39 is 0 Å². The Kier molecular flexibility index (Phi) is 22.0. The summed E-state index contributed by atoms with van der Waals surface area (Å²) in [6, 6.07) is 165. The number of aromatic nitrogens is 12. The lowest BCUT2D eigenvalue weighted by molar-refractivity contribution is 1.07. The highest BCUT2D eigenvalue weighted by atomic mass is 15.0. The van der Waals surface area contributed by atoms with E-state index in [9.17, 15) is 0 Å². The molecule has 0 fully saturated rings. The molecule has 0 saturated heterocycles. The molecule has 0 aliphatic heterocycles. The van der Waals surface area contributed by atoms with E-state index in [1.807, 2.05) is 61.2 Å². The summed E-state index contributed by atoms with van der Waals surface area (Å²) in [5.74, 6) is 4.47. The van der Waals surface area contributed by atoms with Crippen LogP contribution < -0.4 is 0 Å². The number of hydrogen-bond donors (Lipinski definition) is 0. The number of rotatable bonds is 14. The maximum atomic E-state index is 5.32. The van der Waals surface area contributed by atoms with Crippen molar-refractivity contribution in [3.05, 3.63) is 498 Å². The van der Waals surface area contributed by atoms with Crippen LogP contribution in [0.5, 0.6) is 0 Å². The molecule has 0 aliphatic rings. The van der Waals surface area contributed by atoms with Crippen molar-refractivity contribution < 1.29 is 0 Å². The second-order valence-corrected chi connectivity index (χ2v) is 35.4. The number of pyridine rings is 4. The van der Waals surface area contributed by atoms with Gasteiger partial charge >= 0.3 is 0 Å². The first kappa shape index (κ1) is 84.4. The van der Waals surface area contributed by atoms with Gasteiger partial charge in [-0.1, -0.05) is 413 Å². The Balaban J connectivity index is 0.000000112. The number of benzene rings is 20. The van der Waals surface area contributed by atoms with Crippen molar-refractivity contribution in [2.24, 2.45) is 0 Å². The first-order chi connectivity index (χ1) is 70.3. The van der Waals surface area contributed by atoms with E-state index in [4.69, 9.17) is 44.9 Å². The normalized spacial score (nSPS) is 11.4. The number of hydrogen-bond acceptors (Lipinski definition) is 12. The maximum Gasteiger partial charge on any atom is 0.164 e. The van der Waals surface area contributed by atoms with Gasteiger partial charge in [0.15, 0.2) is 40.8 Å². The molecular formula is C130H82N12. The summed E-state index contributed by atoms with van der Waals surface area (Å²) in [5.41, 5.74) is 25.5. The molecule has 0 aliphatic carbocycles. The molecule has 0 spiro atoms. The lowest BCUT2D eigenvalue weighted by Crippen LogP contribution is -2.00. The average Bonchev–Trinajstić information content (AvgIpc) is 0.745. The molecule has 12 nitrogen and oxygen atoms in total. The quantitative estimate of drug-likeness (QED) is 0.0952. The summed E-state index contributed by atoms with van der Waals surface area (Å²) < 4.78 is 0. The van der Waals surface area contributed by atoms with Crippen LogP contribution in [0.3, 0.4) is 0 Å². The highest BCUT2D eigenvalue weighted by Gasteiger charge is 2.22. The molecule has 7 heterocycles. The smallest absolute Gasteiger partial charge is 0.164 e. The van der Waals surface area contributed by atoms with E-state index in [2.05, 4.69) is 452 Å². The van der Waals surface area contributed by atoms with E-state index >= 15 is 0 Å². The van der Waals surface area contributed by atoms with Crippen molar-refractivity contribution in [3.8, 4) is 158 Å². The van der Waals surface area contributed by atoms with Gasteiger partial charge in [-0.05, 0) is 159 Å². The largest absolute Gasteiger partial charge is 0.256 e. The molecule has 20 aromatic carbocycles. The SMILES string of the molecule is c1ccc(-c2ccc(-c3nc(-c4ccc(-c5cccc6cccnc56)cc4)nc(-c4ccc(-c5cccc6cccnc56)cc4)n3)cc2)cc1.c1ccc2cc(-c3nc(-c4ccc(-c5cccc6cccnc56)cc4)nc(-c4ccc5ccccc5c4)n3)ccc2c1.c1ccc2ncc(-c3ccc(-c4nc(-c5cc6ccccc6c6ccccc56)cc(-c5cc6ccccc6c6ccccc56)n4)cc3)cc2c1. The molecule has 662 valence electrons. The Hall–Kier alpha value is -19.3. The van der Waals surface area contributed by atoms with E-state index in [1.54, 1.807) is 0 Å². The van der Waals surface area contributed by atoms with Gasteiger partial charge < -0.3 is 0 Å². The Morgan fingerprint density at radius 3 is 0.803 bits per heavy atom. The van der Waals surface area contributed by atoms with Crippen LogP contribution >= 0.6 is 0 Å². The summed E-state index contributed by atoms with van der Waals surface area (Å²) >= 11 is 0. The van der Waals surface area contributed by atoms with Gasteiger partial charge in [-0.25, -0.2) is 39.9 Å². The van der Waals surface area contributed by atoms with Gasteiger partial charge in [-0.15, -0.1) is 0 Å². The van der Waals surface area contributed by atoms with Gasteiger partial charge in [0.1, 0.15) is 0 Å². The highest BCUT2D eigenvalue weighted by molar-refractivity contribution is 6.16. The van der Waals surface area contributed by atoms with E-state index in [-0.39, 0.29) is 0 Å². The average molecular weight is 1810 g/mol. The molecule has 0 saturated carbocycles. The topological polar surface area (TPSA) is 155 Å². The third kappa shape index (κ3) is 16.7. The first-order valence-corrected chi connectivity index (χ1v) is 47.5. The lowest BCUT2D eigenvalue weighted by Gasteiger charge is -2.15. The monoisotopic (exact) mass is 1810 g/mol. The minimum Gasteiger partial charge on any atom is -0.256 e.